The third kappa shape index (κ3) is 3.73. The van der Waals surface area contributed by atoms with Crippen molar-refractivity contribution in [2.75, 3.05) is 37.6 Å². The largest absolute Gasteiger partial charge is 0.458 e. The molecule has 1 heterocycles. The summed E-state index contributed by atoms with van der Waals surface area (Å²) < 4.78 is 5.30. The molecule has 0 unspecified atom stereocenters. The zero-order valence-electron chi connectivity index (χ0n) is 14.7. The van der Waals surface area contributed by atoms with Gasteiger partial charge in [-0.2, -0.15) is 0 Å². The van der Waals surface area contributed by atoms with Crippen LogP contribution in [0.15, 0.2) is 59.7 Å². The Kier molecular flexibility index (Phi) is 5.28. The number of nitrogens with zero attached hydrogens (tertiary/aromatic N) is 3. The number of para-hydroxylation sites is 2. The second-order valence-corrected chi connectivity index (χ2v) is 6.01. The smallest absolute Gasteiger partial charge is 0.376 e. The number of ether oxygens (including phenoxy) is 1. The molecule has 26 heavy (non-hydrogen) atoms. The molecule has 1 amide bonds. The number of likely N-dealkylation sites (N-methyl/N-ethyl adjacent to an activating group) is 1. The van der Waals surface area contributed by atoms with Gasteiger partial charge in [0.25, 0.3) is 5.91 Å². The van der Waals surface area contributed by atoms with Crippen molar-refractivity contribution >= 4 is 29.1 Å². The number of nitrogens with one attached hydrogen (secondary N) is 1. The molecule has 2 aromatic rings. The Labute approximate surface area is 151 Å². The van der Waals surface area contributed by atoms with Crippen LogP contribution in [-0.2, 0) is 9.53 Å². The van der Waals surface area contributed by atoms with E-state index < -0.39 is 5.97 Å². The third-order valence-electron chi connectivity index (χ3n) is 3.82. The lowest BCUT2D eigenvalue weighted by atomic mass is 10.1. The van der Waals surface area contributed by atoms with E-state index in [0.29, 0.717) is 23.5 Å². The van der Waals surface area contributed by atoms with Crippen molar-refractivity contribution in [3.05, 3.63) is 60.2 Å². The van der Waals surface area contributed by atoms with Gasteiger partial charge in [0, 0.05) is 6.54 Å². The maximum atomic E-state index is 13.1. The number of rotatable bonds is 5. The summed E-state index contributed by atoms with van der Waals surface area (Å²) in [4.78, 5) is 28.9. The number of benzene rings is 2. The Hall–Kier alpha value is -3.19. The first kappa shape index (κ1) is 17.6. The van der Waals surface area contributed by atoms with E-state index in [1.807, 2.05) is 25.1 Å². The van der Waals surface area contributed by atoms with Crippen LogP contribution in [0.2, 0.25) is 0 Å². The number of fused-ring (bicyclic) bond motifs is 1. The Morgan fingerprint density at radius 2 is 1.81 bits per heavy atom. The van der Waals surface area contributed by atoms with Crippen LogP contribution in [0.4, 0.5) is 11.4 Å². The summed E-state index contributed by atoms with van der Waals surface area (Å²) in [7, 11) is 3.77. The Balaban J connectivity index is 1.96. The van der Waals surface area contributed by atoms with Gasteiger partial charge in [-0.25, -0.2) is 4.79 Å². The quantitative estimate of drug-likeness (QED) is 0.835. The van der Waals surface area contributed by atoms with Crippen LogP contribution in [0, 0.1) is 0 Å². The minimum absolute atomic E-state index is 0.101. The fourth-order valence-corrected chi connectivity index (χ4v) is 2.49. The fourth-order valence-electron chi connectivity index (χ4n) is 2.49. The molecule has 3 rings (SSSR count). The highest BCUT2D eigenvalue weighted by atomic mass is 16.5. The molecule has 1 N–H and O–H groups in total. The van der Waals surface area contributed by atoms with Crippen molar-refractivity contribution in [3.8, 4) is 0 Å². The number of hydrogen-bond acceptors (Lipinski definition) is 6. The van der Waals surface area contributed by atoms with Gasteiger partial charge in [-0.1, -0.05) is 30.3 Å². The maximum Gasteiger partial charge on any atom is 0.376 e. The van der Waals surface area contributed by atoms with Crippen molar-refractivity contribution in [1.29, 1.82) is 0 Å². The van der Waals surface area contributed by atoms with Gasteiger partial charge >= 0.3 is 5.97 Å². The fraction of sp³-hybridized carbons (Fsp3) is 0.211. The molecule has 0 aliphatic carbocycles. The van der Waals surface area contributed by atoms with Crippen LogP contribution in [0.25, 0.3) is 0 Å². The molecular weight excluding hydrogens is 332 g/mol. The van der Waals surface area contributed by atoms with Gasteiger partial charge in [-0.05, 0) is 38.4 Å². The lowest BCUT2D eigenvalue weighted by Crippen LogP contribution is -2.42. The van der Waals surface area contributed by atoms with Crippen LogP contribution in [0.3, 0.4) is 0 Å². The highest BCUT2D eigenvalue weighted by Crippen LogP contribution is 2.25. The second-order valence-electron chi connectivity index (χ2n) is 6.01. The molecule has 7 nitrogen and oxygen atoms in total. The predicted octanol–water partition coefficient (Wildman–Crippen LogP) is 2.18. The van der Waals surface area contributed by atoms with E-state index in [1.54, 1.807) is 48.5 Å². The molecule has 0 aromatic heterocycles. The molecular formula is C19H20N4O3. The first-order valence-electron chi connectivity index (χ1n) is 8.22. The number of carbonyl (C=O) groups is 2. The van der Waals surface area contributed by atoms with Crippen molar-refractivity contribution in [2.45, 2.75) is 0 Å². The summed E-state index contributed by atoms with van der Waals surface area (Å²) in [5, 5.41) is 4.15. The average molecular weight is 352 g/mol. The van der Waals surface area contributed by atoms with Crippen LogP contribution in [-0.4, -0.2) is 49.9 Å². The summed E-state index contributed by atoms with van der Waals surface area (Å²) in [6.45, 7) is 0.778. The molecule has 1 aliphatic heterocycles. The number of hydrazone groups is 1. The van der Waals surface area contributed by atoms with Gasteiger partial charge in [0.15, 0.2) is 0 Å². The Morgan fingerprint density at radius 1 is 1.12 bits per heavy atom. The minimum Gasteiger partial charge on any atom is -0.458 e. The third-order valence-corrected chi connectivity index (χ3v) is 3.82. The first-order valence-corrected chi connectivity index (χ1v) is 8.22. The van der Waals surface area contributed by atoms with Gasteiger partial charge < -0.3 is 9.64 Å². The van der Waals surface area contributed by atoms with Crippen molar-refractivity contribution < 1.29 is 14.3 Å². The van der Waals surface area contributed by atoms with E-state index in [4.69, 9.17) is 4.74 Å². The molecule has 1 aliphatic rings. The van der Waals surface area contributed by atoms with Crippen LogP contribution in [0.1, 0.15) is 10.4 Å². The molecule has 0 bridgehead atoms. The zero-order chi connectivity index (χ0) is 18.5. The van der Waals surface area contributed by atoms with Crippen LogP contribution >= 0.6 is 0 Å². The van der Waals surface area contributed by atoms with Gasteiger partial charge in [-0.15, -0.1) is 5.10 Å². The molecule has 134 valence electrons. The summed E-state index contributed by atoms with van der Waals surface area (Å²) in [5.41, 5.74) is 4.30. The number of anilines is 2. The highest BCUT2D eigenvalue weighted by Gasteiger charge is 2.32. The monoisotopic (exact) mass is 352 g/mol. The van der Waals surface area contributed by atoms with Crippen molar-refractivity contribution in [1.82, 2.24) is 4.90 Å². The number of amides is 1. The molecule has 0 fully saturated rings. The molecule has 0 radical (unpaired) electrons. The average Bonchev–Trinajstić information content (AvgIpc) is 2.79. The lowest BCUT2D eigenvalue weighted by molar-refractivity contribution is -0.135. The lowest BCUT2D eigenvalue weighted by Gasteiger charge is -2.21. The summed E-state index contributed by atoms with van der Waals surface area (Å²) in [6.07, 6.45) is 0. The first-order chi connectivity index (χ1) is 12.6. The number of hydrogen-bond donors (Lipinski definition) is 1. The number of esters is 1. The highest BCUT2D eigenvalue weighted by molar-refractivity contribution is 6.48. The SMILES string of the molecule is CN(C)CCOC(=O)C1=NNc2ccccc2C(=O)N1c1ccccc1. The van der Waals surface area contributed by atoms with Gasteiger partial charge in [-0.3, -0.25) is 15.1 Å². The predicted molar refractivity (Wildman–Crippen MR) is 100 cm³/mol. The number of carbonyl (C=O) groups excluding carboxylic acids is 2. The summed E-state index contributed by atoms with van der Waals surface area (Å²) in [5.74, 6) is -1.11. The maximum absolute atomic E-state index is 13.1. The summed E-state index contributed by atoms with van der Waals surface area (Å²) in [6, 6.07) is 15.9. The topological polar surface area (TPSA) is 74.2 Å². The van der Waals surface area contributed by atoms with E-state index >= 15 is 0 Å². The zero-order valence-corrected chi connectivity index (χ0v) is 14.7. The van der Waals surface area contributed by atoms with Gasteiger partial charge in [0.1, 0.15) is 6.61 Å². The van der Waals surface area contributed by atoms with E-state index in [9.17, 15) is 9.59 Å². The van der Waals surface area contributed by atoms with Crippen LogP contribution < -0.4 is 10.3 Å². The van der Waals surface area contributed by atoms with Crippen molar-refractivity contribution in [2.24, 2.45) is 5.10 Å². The van der Waals surface area contributed by atoms with Crippen molar-refractivity contribution in [3.63, 3.8) is 0 Å². The molecule has 0 atom stereocenters. The molecule has 0 spiro atoms. The standard InChI is InChI=1S/C19H20N4O3/c1-22(2)12-13-26-19(25)17-21-20-16-11-7-6-10-15(16)18(24)23(17)14-8-4-3-5-9-14/h3-11,20H,12-13H2,1-2H3. The van der Waals surface area contributed by atoms with E-state index in [1.165, 1.54) is 4.90 Å². The Bertz CT molecular complexity index is 834. The molecule has 0 saturated heterocycles. The molecule has 7 heteroatoms. The molecule has 0 saturated carbocycles. The van der Waals surface area contributed by atoms with E-state index in [0.717, 1.165) is 0 Å². The Morgan fingerprint density at radius 3 is 2.54 bits per heavy atom. The number of amidine groups is 1. The normalized spacial score (nSPS) is 13.6. The molecule has 2 aromatic carbocycles. The van der Waals surface area contributed by atoms with Crippen LogP contribution in [0.5, 0.6) is 0 Å². The summed E-state index contributed by atoms with van der Waals surface area (Å²) >= 11 is 0. The van der Waals surface area contributed by atoms with Gasteiger partial charge in [0.2, 0.25) is 5.84 Å². The van der Waals surface area contributed by atoms with E-state index in [-0.39, 0.29) is 18.3 Å². The van der Waals surface area contributed by atoms with Gasteiger partial charge in [0.05, 0.1) is 16.9 Å². The second kappa shape index (κ2) is 7.79. The van der Waals surface area contributed by atoms with E-state index in [2.05, 4.69) is 10.5 Å². The minimum atomic E-state index is -0.663.